The Kier molecular flexibility index (Phi) is 4.72. The van der Waals surface area contributed by atoms with Crippen LogP contribution in [0.25, 0.3) is 21.9 Å². The summed E-state index contributed by atoms with van der Waals surface area (Å²) in [5.74, 6) is -0.639. The second-order valence-electron chi connectivity index (χ2n) is 7.44. The molecule has 5 rings (SSSR count). The standard InChI is InChI=1S/C24H20FN5O/c25-19-5-4-17-10-22(24(31)29-20-9-18-6-7-27-23(18)28-13-20)30(21(17)11-19)14-16-3-1-2-15(8-16)12-26/h1-11,13H,12,14,26H2,(H,27,28)(H,29,31). The van der Waals surface area contributed by atoms with Crippen molar-refractivity contribution in [1.29, 1.82) is 0 Å². The van der Waals surface area contributed by atoms with Gasteiger partial charge in [0.2, 0.25) is 0 Å². The summed E-state index contributed by atoms with van der Waals surface area (Å²) in [6.07, 6.45) is 3.40. The summed E-state index contributed by atoms with van der Waals surface area (Å²) in [6, 6.07) is 17.9. The lowest BCUT2D eigenvalue weighted by Crippen LogP contribution is -2.17. The van der Waals surface area contributed by atoms with Gasteiger partial charge in [0.05, 0.1) is 17.4 Å². The van der Waals surface area contributed by atoms with Crippen LogP contribution in [-0.4, -0.2) is 20.4 Å². The summed E-state index contributed by atoms with van der Waals surface area (Å²) in [6.45, 7) is 0.843. The zero-order chi connectivity index (χ0) is 21.4. The maximum absolute atomic E-state index is 14.0. The Balaban J connectivity index is 1.54. The topological polar surface area (TPSA) is 88.7 Å². The number of aromatic amines is 1. The van der Waals surface area contributed by atoms with Crippen molar-refractivity contribution in [2.24, 2.45) is 5.73 Å². The summed E-state index contributed by atoms with van der Waals surface area (Å²) >= 11 is 0. The molecular weight excluding hydrogens is 393 g/mol. The largest absolute Gasteiger partial charge is 0.346 e. The van der Waals surface area contributed by atoms with Gasteiger partial charge in [0.1, 0.15) is 17.2 Å². The molecule has 3 heterocycles. The highest BCUT2D eigenvalue weighted by Crippen LogP contribution is 2.24. The molecule has 0 radical (unpaired) electrons. The molecule has 0 fully saturated rings. The number of anilines is 1. The fourth-order valence-electron chi connectivity index (χ4n) is 3.83. The Morgan fingerprint density at radius 1 is 1.06 bits per heavy atom. The second kappa shape index (κ2) is 7.70. The summed E-state index contributed by atoms with van der Waals surface area (Å²) in [7, 11) is 0. The lowest BCUT2D eigenvalue weighted by molar-refractivity contribution is 0.101. The van der Waals surface area contributed by atoms with Crippen molar-refractivity contribution < 1.29 is 9.18 Å². The van der Waals surface area contributed by atoms with E-state index in [1.165, 1.54) is 12.1 Å². The minimum Gasteiger partial charge on any atom is -0.346 e. The van der Waals surface area contributed by atoms with Crippen molar-refractivity contribution in [3.05, 3.63) is 95.7 Å². The van der Waals surface area contributed by atoms with E-state index in [0.29, 0.717) is 30.0 Å². The molecule has 0 spiro atoms. The van der Waals surface area contributed by atoms with Crippen LogP contribution < -0.4 is 11.1 Å². The molecule has 4 N–H and O–H groups in total. The zero-order valence-electron chi connectivity index (χ0n) is 16.6. The number of halogens is 1. The van der Waals surface area contributed by atoms with Crippen molar-refractivity contribution in [2.45, 2.75) is 13.1 Å². The van der Waals surface area contributed by atoms with Gasteiger partial charge in [-0.15, -0.1) is 0 Å². The third-order valence-corrected chi connectivity index (χ3v) is 5.32. The number of amides is 1. The number of pyridine rings is 1. The first kappa shape index (κ1) is 19.0. The van der Waals surface area contributed by atoms with E-state index in [2.05, 4.69) is 15.3 Å². The second-order valence-corrected chi connectivity index (χ2v) is 7.44. The molecule has 0 aliphatic carbocycles. The maximum Gasteiger partial charge on any atom is 0.272 e. The number of nitrogens with zero attached hydrogens (tertiary/aromatic N) is 2. The SMILES string of the molecule is NCc1cccc(Cn2c(C(=O)Nc3cnc4[nH]ccc4c3)cc3ccc(F)cc32)c1. The van der Waals surface area contributed by atoms with Crippen molar-refractivity contribution in [2.75, 3.05) is 5.32 Å². The zero-order valence-corrected chi connectivity index (χ0v) is 16.6. The number of benzene rings is 2. The van der Waals surface area contributed by atoms with Crippen LogP contribution in [0.1, 0.15) is 21.6 Å². The Morgan fingerprint density at radius 3 is 2.81 bits per heavy atom. The van der Waals surface area contributed by atoms with E-state index in [9.17, 15) is 9.18 Å². The van der Waals surface area contributed by atoms with Crippen molar-refractivity contribution in [1.82, 2.24) is 14.5 Å². The summed E-state index contributed by atoms with van der Waals surface area (Å²) in [5, 5.41) is 4.61. The van der Waals surface area contributed by atoms with Gasteiger partial charge >= 0.3 is 0 Å². The van der Waals surface area contributed by atoms with Crippen LogP contribution in [0.5, 0.6) is 0 Å². The van der Waals surface area contributed by atoms with Gasteiger partial charge in [-0.1, -0.05) is 24.3 Å². The van der Waals surface area contributed by atoms with Gasteiger partial charge in [0.25, 0.3) is 5.91 Å². The molecule has 154 valence electrons. The number of aromatic nitrogens is 3. The van der Waals surface area contributed by atoms with Crippen LogP contribution in [0, 0.1) is 5.82 Å². The third kappa shape index (κ3) is 3.67. The van der Waals surface area contributed by atoms with Gasteiger partial charge in [-0.05, 0) is 47.5 Å². The molecule has 7 heteroatoms. The molecule has 0 saturated heterocycles. The summed E-state index contributed by atoms with van der Waals surface area (Å²) in [5.41, 5.74) is 10.2. The number of nitrogens with two attached hydrogens (primary N) is 1. The van der Waals surface area contributed by atoms with E-state index >= 15 is 0 Å². The normalized spacial score (nSPS) is 11.3. The molecular formula is C24H20FN5O. The lowest BCUT2D eigenvalue weighted by Gasteiger charge is -2.12. The van der Waals surface area contributed by atoms with Gasteiger partial charge in [0.15, 0.2) is 0 Å². The fraction of sp³-hybridized carbons (Fsp3) is 0.0833. The number of hydrogen-bond donors (Lipinski definition) is 3. The predicted molar refractivity (Wildman–Crippen MR) is 119 cm³/mol. The Morgan fingerprint density at radius 2 is 1.94 bits per heavy atom. The van der Waals surface area contributed by atoms with Crippen molar-refractivity contribution in [3.8, 4) is 0 Å². The van der Waals surface area contributed by atoms with E-state index in [-0.39, 0.29) is 11.7 Å². The maximum atomic E-state index is 14.0. The fourth-order valence-corrected chi connectivity index (χ4v) is 3.83. The predicted octanol–water partition coefficient (Wildman–Crippen LogP) is 4.42. The molecule has 1 amide bonds. The van der Waals surface area contributed by atoms with E-state index in [1.54, 1.807) is 24.5 Å². The summed E-state index contributed by atoms with van der Waals surface area (Å²) in [4.78, 5) is 20.5. The number of rotatable bonds is 5. The third-order valence-electron chi connectivity index (χ3n) is 5.32. The molecule has 0 bridgehead atoms. The van der Waals surface area contributed by atoms with Crippen LogP contribution in [0.15, 0.2) is 73.1 Å². The van der Waals surface area contributed by atoms with E-state index in [4.69, 9.17) is 5.73 Å². The average molecular weight is 413 g/mol. The Bertz CT molecular complexity index is 1420. The highest BCUT2D eigenvalue weighted by molar-refractivity contribution is 6.07. The molecule has 0 unspecified atom stereocenters. The molecule has 0 saturated carbocycles. The molecule has 0 aliphatic rings. The molecule has 0 atom stereocenters. The highest BCUT2D eigenvalue weighted by atomic mass is 19.1. The van der Waals surface area contributed by atoms with Crippen LogP contribution >= 0.6 is 0 Å². The van der Waals surface area contributed by atoms with Gasteiger partial charge in [-0.25, -0.2) is 9.37 Å². The minimum atomic E-state index is -0.350. The minimum absolute atomic E-state index is 0.289. The number of fused-ring (bicyclic) bond motifs is 2. The van der Waals surface area contributed by atoms with Crippen LogP contribution in [0.4, 0.5) is 10.1 Å². The van der Waals surface area contributed by atoms with E-state index < -0.39 is 0 Å². The molecule has 5 aromatic rings. The van der Waals surface area contributed by atoms with E-state index in [0.717, 1.165) is 27.5 Å². The number of H-pyrrole nitrogens is 1. The molecule has 6 nitrogen and oxygen atoms in total. The monoisotopic (exact) mass is 413 g/mol. The van der Waals surface area contributed by atoms with Gasteiger partial charge in [-0.2, -0.15) is 0 Å². The van der Waals surface area contributed by atoms with Gasteiger partial charge < -0.3 is 20.6 Å². The molecule has 3 aromatic heterocycles. The van der Waals surface area contributed by atoms with Crippen molar-refractivity contribution in [3.63, 3.8) is 0 Å². The molecule has 2 aromatic carbocycles. The van der Waals surface area contributed by atoms with E-state index in [1.807, 2.05) is 41.0 Å². The first-order valence-corrected chi connectivity index (χ1v) is 9.92. The van der Waals surface area contributed by atoms with Crippen LogP contribution in [0.3, 0.4) is 0 Å². The first-order chi connectivity index (χ1) is 15.1. The van der Waals surface area contributed by atoms with Crippen molar-refractivity contribution >= 4 is 33.5 Å². The Hall–Kier alpha value is -3.97. The van der Waals surface area contributed by atoms with Gasteiger partial charge in [-0.3, -0.25) is 4.79 Å². The van der Waals surface area contributed by atoms with Crippen LogP contribution in [-0.2, 0) is 13.1 Å². The number of nitrogens with one attached hydrogen (secondary N) is 2. The smallest absolute Gasteiger partial charge is 0.272 e. The first-order valence-electron chi connectivity index (χ1n) is 9.92. The summed E-state index contributed by atoms with van der Waals surface area (Å²) < 4.78 is 15.8. The Labute approximate surface area is 177 Å². The highest BCUT2D eigenvalue weighted by Gasteiger charge is 2.17. The molecule has 0 aliphatic heterocycles. The van der Waals surface area contributed by atoms with Gasteiger partial charge in [0, 0.05) is 30.1 Å². The lowest BCUT2D eigenvalue weighted by atomic mass is 10.1. The van der Waals surface area contributed by atoms with Crippen LogP contribution in [0.2, 0.25) is 0 Å². The average Bonchev–Trinajstić information content (AvgIpc) is 3.38. The number of carbonyl (C=O) groups excluding carboxylic acids is 1. The number of hydrogen-bond acceptors (Lipinski definition) is 3. The quantitative estimate of drug-likeness (QED) is 0.399. The molecule has 31 heavy (non-hydrogen) atoms. The number of carbonyl (C=O) groups is 1.